The summed E-state index contributed by atoms with van der Waals surface area (Å²) in [4.78, 5) is 20.1. The van der Waals surface area contributed by atoms with Crippen LogP contribution in [0.4, 0.5) is 5.69 Å². The van der Waals surface area contributed by atoms with Crippen LogP contribution in [-0.4, -0.2) is 29.1 Å². The van der Waals surface area contributed by atoms with Crippen LogP contribution in [-0.2, 0) is 24.4 Å². The molecule has 4 aromatic rings. The van der Waals surface area contributed by atoms with Crippen molar-refractivity contribution in [1.82, 2.24) is 9.55 Å². The van der Waals surface area contributed by atoms with Gasteiger partial charge in [0.25, 0.3) is 0 Å². The van der Waals surface area contributed by atoms with Gasteiger partial charge in [-0.25, -0.2) is 4.98 Å². The third-order valence-corrected chi connectivity index (χ3v) is 5.85. The third kappa shape index (κ3) is 3.91. The first-order valence-corrected chi connectivity index (χ1v) is 10.8. The van der Waals surface area contributed by atoms with E-state index in [0.29, 0.717) is 11.6 Å². The van der Waals surface area contributed by atoms with E-state index in [4.69, 9.17) is 14.5 Å². The van der Waals surface area contributed by atoms with Gasteiger partial charge < -0.3 is 18.9 Å². The molecule has 3 aromatic carbocycles. The van der Waals surface area contributed by atoms with Gasteiger partial charge in [-0.1, -0.05) is 36.4 Å². The molecule has 1 amide bonds. The first-order chi connectivity index (χ1) is 15.7. The van der Waals surface area contributed by atoms with Gasteiger partial charge in [0.1, 0.15) is 30.5 Å². The Morgan fingerprint density at radius 3 is 2.72 bits per heavy atom. The molecule has 0 atom stereocenters. The van der Waals surface area contributed by atoms with Crippen LogP contribution < -0.4 is 14.4 Å². The second-order valence-electron chi connectivity index (χ2n) is 7.85. The summed E-state index contributed by atoms with van der Waals surface area (Å²) in [7, 11) is 1.63. The highest BCUT2D eigenvalue weighted by Crippen LogP contribution is 2.28. The maximum absolute atomic E-state index is 13.4. The van der Waals surface area contributed by atoms with E-state index in [1.165, 1.54) is 5.56 Å². The highest BCUT2D eigenvalue weighted by atomic mass is 16.5. The quantitative estimate of drug-likeness (QED) is 0.451. The minimum absolute atomic E-state index is 0.0583. The number of aryl methyl sites for hydroxylation is 1. The van der Waals surface area contributed by atoms with Crippen molar-refractivity contribution in [2.24, 2.45) is 0 Å². The molecule has 0 spiro atoms. The Bertz CT molecular complexity index is 1260. The topological polar surface area (TPSA) is 56.6 Å². The summed E-state index contributed by atoms with van der Waals surface area (Å²) in [6.45, 7) is 1.20. The van der Waals surface area contributed by atoms with E-state index >= 15 is 0 Å². The van der Waals surface area contributed by atoms with Gasteiger partial charge in [-0.05, 0) is 48.7 Å². The number of hydrogen-bond donors (Lipinski definition) is 0. The Morgan fingerprint density at radius 2 is 1.81 bits per heavy atom. The standard InChI is InChI=1S/C26H25N3O3/c1-31-20-10-6-11-21(16-20)32-18-25-27-22-12-3-5-14-24(22)29(25)17-26(30)28-15-7-9-19-8-2-4-13-23(19)28/h2-6,8,10-14,16H,7,9,15,17-18H2,1H3. The Morgan fingerprint density at radius 1 is 1.00 bits per heavy atom. The zero-order valence-electron chi connectivity index (χ0n) is 18.0. The predicted octanol–water partition coefficient (Wildman–Crippen LogP) is 4.60. The average Bonchev–Trinajstić information content (AvgIpc) is 3.19. The number of hydrogen-bond acceptors (Lipinski definition) is 4. The van der Waals surface area contributed by atoms with Crippen molar-refractivity contribution >= 4 is 22.6 Å². The number of methoxy groups -OCH3 is 1. The van der Waals surface area contributed by atoms with E-state index in [2.05, 4.69) is 6.07 Å². The van der Waals surface area contributed by atoms with Crippen molar-refractivity contribution in [3.05, 3.63) is 84.2 Å². The molecule has 0 saturated carbocycles. The summed E-state index contributed by atoms with van der Waals surface area (Å²) in [5, 5.41) is 0. The number of imidazole rings is 1. The van der Waals surface area contributed by atoms with Crippen LogP contribution in [0.1, 0.15) is 17.8 Å². The number of carbonyl (C=O) groups excluding carboxylic acids is 1. The van der Waals surface area contributed by atoms with Crippen molar-refractivity contribution in [1.29, 1.82) is 0 Å². The van der Waals surface area contributed by atoms with Crippen LogP contribution in [0.5, 0.6) is 11.5 Å². The number of ether oxygens (including phenoxy) is 2. The van der Waals surface area contributed by atoms with Crippen molar-refractivity contribution in [2.75, 3.05) is 18.6 Å². The first kappa shape index (κ1) is 20.1. The first-order valence-electron chi connectivity index (χ1n) is 10.8. The molecule has 0 aliphatic carbocycles. The van der Waals surface area contributed by atoms with Crippen molar-refractivity contribution < 1.29 is 14.3 Å². The summed E-state index contributed by atoms with van der Waals surface area (Å²) >= 11 is 0. The van der Waals surface area contributed by atoms with E-state index in [0.717, 1.165) is 41.9 Å². The fraction of sp³-hybridized carbons (Fsp3) is 0.231. The summed E-state index contributed by atoms with van der Waals surface area (Å²) in [5.74, 6) is 2.20. The molecule has 6 nitrogen and oxygen atoms in total. The number of aromatic nitrogens is 2. The van der Waals surface area contributed by atoms with Gasteiger partial charge in [-0.3, -0.25) is 4.79 Å². The SMILES string of the molecule is COc1cccc(OCc2nc3ccccc3n2CC(=O)N2CCCc3ccccc32)c1. The molecule has 1 aliphatic heterocycles. The molecule has 6 heteroatoms. The van der Waals surface area contributed by atoms with Crippen molar-refractivity contribution in [2.45, 2.75) is 26.0 Å². The highest BCUT2D eigenvalue weighted by Gasteiger charge is 2.24. The van der Waals surface area contributed by atoms with Gasteiger partial charge in [-0.15, -0.1) is 0 Å². The van der Waals surface area contributed by atoms with Crippen molar-refractivity contribution in [3.8, 4) is 11.5 Å². The molecule has 32 heavy (non-hydrogen) atoms. The lowest BCUT2D eigenvalue weighted by molar-refractivity contribution is -0.119. The van der Waals surface area contributed by atoms with Gasteiger partial charge in [-0.2, -0.15) is 0 Å². The zero-order valence-corrected chi connectivity index (χ0v) is 18.0. The number of anilines is 1. The van der Waals surface area contributed by atoms with Gasteiger partial charge >= 0.3 is 0 Å². The Hall–Kier alpha value is -3.80. The van der Waals surface area contributed by atoms with Crippen LogP contribution in [0.3, 0.4) is 0 Å². The van der Waals surface area contributed by atoms with Crippen LogP contribution >= 0.6 is 0 Å². The lowest BCUT2D eigenvalue weighted by atomic mass is 10.0. The largest absolute Gasteiger partial charge is 0.497 e. The van der Waals surface area contributed by atoms with Gasteiger partial charge in [0.05, 0.1) is 18.1 Å². The molecule has 0 unspecified atom stereocenters. The maximum Gasteiger partial charge on any atom is 0.246 e. The van der Waals surface area contributed by atoms with Gasteiger partial charge in [0.2, 0.25) is 5.91 Å². The number of carbonyl (C=O) groups is 1. The van der Waals surface area contributed by atoms with Gasteiger partial charge in [0.15, 0.2) is 0 Å². The summed E-state index contributed by atoms with van der Waals surface area (Å²) in [6.07, 6.45) is 1.98. The van der Waals surface area contributed by atoms with Gasteiger partial charge in [0, 0.05) is 18.3 Å². The van der Waals surface area contributed by atoms with E-state index in [9.17, 15) is 4.79 Å². The molecule has 2 heterocycles. The number of amides is 1. The molecule has 1 aliphatic rings. The predicted molar refractivity (Wildman–Crippen MR) is 124 cm³/mol. The Kier molecular flexibility index (Phi) is 5.50. The molecule has 162 valence electrons. The second-order valence-corrected chi connectivity index (χ2v) is 7.85. The number of benzene rings is 3. The molecule has 0 fully saturated rings. The monoisotopic (exact) mass is 427 g/mol. The molecule has 5 rings (SSSR count). The fourth-order valence-corrected chi connectivity index (χ4v) is 4.26. The number of nitrogens with zero attached hydrogens (tertiary/aromatic N) is 3. The summed E-state index contributed by atoms with van der Waals surface area (Å²) in [6, 6.07) is 23.5. The normalized spacial score (nSPS) is 13.1. The Labute approximate surface area is 187 Å². The smallest absolute Gasteiger partial charge is 0.246 e. The third-order valence-electron chi connectivity index (χ3n) is 5.85. The Balaban J connectivity index is 1.42. The van der Waals surface area contributed by atoms with E-state index in [1.54, 1.807) is 7.11 Å². The summed E-state index contributed by atoms with van der Waals surface area (Å²) in [5.41, 5.74) is 4.02. The maximum atomic E-state index is 13.4. The summed E-state index contributed by atoms with van der Waals surface area (Å²) < 4.78 is 13.2. The lowest BCUT2D eigenvalue weighted by Crippen LogP contribution is -2.38. The number of fused-ring (bicyclic) bond motifs is 2. The number of rotatable bonds is 6. The molecule has 0 bridgehead atoms. The molecular weight excluding hydrogens is 402 g/mol. The van der Waals surface area contributed by atoms with E-state index in [-0.39, 0.29) is 19.1 Å². The van der Waals surface area contributed by atoms with Crippen molar-refractivity contribution in [3.63, 3.8) is 0 Å². The molecule has 0 saturated heterocycles. The highest BCUT2D eigenvalue weighted by molar-refractivity contribution is 5.95. The second kappa shape index (κ2) is 8.75. The zero-order chi connectivity index (χ0) is 21.9. The van der Waals surface area contributed by atoms with E-state index in [1.807, 2.05) is 76.2 Å². The van der Waals surface area contributed by atoms with Crippen LogP contribution in [0.15, 0.2) is 72.8 Å². The van der Waals surface area contributed by atoms with Crippen LogP contribution in [0, 0.1) is 0 Å². The lowest BCUT2D eigenvalue weighted by Gasteiger charge is -2.29. The number of para-hydroxylation sites is 3. The minimum atomic E-state index is 0.0583. The average molecular weight is 428 g/mol. The molecular formula is C26H25N3O3. The van der Waals surface area contributed by atoms with Crippen LogP contribution in [0.2, 0.25) is 0 Å². The molecule has 0 radical (unpaired) electrons. The molecule has 1 aromatic heterocycles. The van der Waals surface area contributed by atoms with Crippen LogP contribution in [0.25, 0.3) is 11.0 Å². The van der Waals surface area contributed by atoms with E-state index < -0.39 is 0 Å². The molecule has 0 N–H and O–H groups in total. The minimum Gasteiger partial charge on any atom is -0.497 e. The fourth-order valence-electron chi connectivity index (χ4n) is 4.26.